The number of morpholine rings is 1. The molecule has 0 spiro atoms. The maximum atomic E-state index is 9.73. The van der Waals surface area contributed by atoms with Crippen molar-refractivity contribution in [1.29, 1.82) is 5.26 Å². The van der Waals surface area contributed by atoms with Crippen LogP contribution in [0, 0.1) is 11.3 Å². The molecule has 0 aliphatic carbocycles. The summed E-state index contributed by atoms with van der Waals surface area (Å²) in [6.07, 6.45) is 3.62. The number of ether oxygens (including phenoxy) is 4. The summed E-state index contributed by atoms with van der Waals surface area (Å²) in [5.41, 5.74) is 2.86. The van der Waals surface area contributed by atoms with Gasteiger partial charge in [0.2, 0.25) is 11.8 Å². The Morgan fingerprint density at radius 1 is 1.05 bits per heavy atom. The van der Waals surface area contributed by atoms with Gasteiger partial charge in [-0.2, -0.15) is 10.2 Å². The number of nitrogens with zero attached hydrogens (tertiary/aromatic N) is 5. The highest BCUT2D eigenvalue weighted by atomic mass is 16.5. The van der Waals surface area contributed by atoms with Crippen molar-refractivity contribution in [3.63, 3.8) is 0 Å². The number of nitriles is 1. The molecule has 2 aliphatic heterocycles. The van der Waals surface area contributed by atoms with E-state index in [1.54, 1.807) is 25.4 Å². The largest absolute Gasteiger partial charge is 0.489 e. The van der Waals surface area contributed by atoms with Gasteiger partial charge < -0.3 is 29.2 Å². The van der Waals surface area contributed by atoms with Crippen molar-refractivity contribution in [1.82, 2.24) is 15.0 Å². The average molecular weight is 517 g/mol. The number of nitrogens with one attached hydrogen (secondary N) is 1. The number of benzene rings is 1. The quantitative estimate of drug-likeness (QED) is 0.486. The van der Waals surface area contributed by atoms with Gasteiger partial charge in [0.05, 0.1) is 43.8 Å². The zero-order chi connectivity index (χ0) is 26.5. The zero-order valence-electron chi connectivity index (χ0n) is 21.9. The lowest BCUT2D eigenvalue weighted by molar-refractivity contribution is -0.00535. The molecule has 4 heterocycles. The van der Waals surface area contributed by atoms with Crippen LogP contribution < -0.4 is 19.7 Å². The fourth-order valence-electron chi connectivity index (χ4n) is 4.82. The first-order valence-corrected chi connectivity index (χ1v) is 12.9. The van der Waals surface area contributed by atoms with Gasteiger partial charge >= 0.3 is 0 Å². The molecule has 2 aromatic heterocycles. The normalized spacial score (nSPS) is 20.0. The molecule has 198 valence electrons. The lowest BCUT2D eigenvalue weighted by Gasteiger charge is -2.37. The number of hydrogen-bond acceptors (Lipinski definition) is 10. The summed E-state index contributed by atoms with van der Waals surface area (Å²) in [7, 11) is 1.61. The molecule has 2 unspecified atom stereocenters. The smallest absolute Gasteiger partial charge is 0.239 e. The van der Waals surface area contributed by atoms with E-state index >= 15 is 0 Å². The Kier molecular flexibility index (Phi) is 7.86. The zero-order valence-corrected chi connectivity index (χ0v) is 21.9. The second-order valence-electron chi connectivity index (χ2n) is 9.53. The summed E-state index contributed by atoms with van der Waals surface area (Å²) in [5, 5.41) is 12.9. The molecule has 10 heteroatoms. The number of pyridine rings is 1. The van der Waals surface area contributed by atoms with E-state index in [1.807, 2.05) is 24.3 Å². The van der Waals surface area contributed by atoms with Crippen LogP contribution in [0.1, 0.15) is 32.3 Å². The van der Waals surface area contributed by atoms with Crippen LogP contribution in [0.15, 0.2) is 42.6 Å². The molecule has 10 nitrogen and oxygen atoms in total. The van der Waals surface area contributed by atoms with E-state index in [0.29, 0.717) is 47.9 Å². The molecule has 2 saturated heterocycles. The SMILES string of the molecule is COc1nc(Nc2nccc(-c3ccc(OC4CCOCC4)c(C#N)c3)n2)ccc1N1CC(C)OC(C)C1. The van der Waals surface area contributed by atoms with Crippen molar-refractivity contribution in [2.75, 3.05) is 43.6 Å². The van der Waals surface area contributed by atoms with Gasteiger partial charge in [-0.05, 0) is 50.2 Å². The minimum atomic E-state index is 0.0579. The van der Waals surface area contributed by atoms with Gasteiger partial charge in [-0.3, -0.25) is 0 Å². The second-order valence-corrected chi connectivity index (χ2v) is 9.53. The third-order valence-corrected chi connectivity index (χ3v) is 6.55. The lowest BCUT2D eigenvalue weighted by atomic mass is 10.1. The Bertz CT molecular complexity index is 1300. The van der Waals surface area contributed by atoms with Crippen LogP contribution in [0.5, 0.6) is 11.6 Å². The second kappa shape index (κ2) is 11.6. The molecule has 0 saturated carbocycles. The molecule has 2 aliphatic rings. The van der Waals surface area contributed by atoms with Crippen LogP contribution in [-0.4, -0.2) is 66.7 Å². The van der Waals surface area contributed by atoms with Crippen LogP contribution in [0.3, 0.4) is 0 Å². The maximum Gasteiger partial charge on any atom is 0.239 e. The predicted molar refractivity (Wildman–Crippen MR) is 143 cm³/mol. The van der Waals surface area contributed by atoms with Crippen molar-refractivity contribution in [2.45, 2.75) is 45.0 Å². The maximum absolute atomic E-state index is 9.73. The van der Waals surface area contributed by atoms with Gasteiger partial charge in [-0.25, -0.2) is 9.97 Å². The first kappa shape index (κ1) is 25.7. The van der Waals surface area contributed by atoms with Crippen LogP contribution >= 0.6 is 0 Å². The highest BCUT2D eigenvalue weighted by Gasteiger charge is 2.25. The Balaban J connectivity index is 1.33. The monoisotopic (exact) mass is 516 g/mol. The Morgan fingerprint density at radius 3 is 2.58 bits per heavy atom. The molecular formula is C28H32N6O4. The summed E-state index contributed by atoms with van der Waals surface area (Å²) in [4.78, 5) is 15.9. The van der Waals surface area contributed by atoms with Gasteiger partial charge in [0.15, 0.2) is 0 Å². The Hall–Kier alpha value is -3.94. The summed E-state index contributed by atoms with van der Waals surface area (Å²) < 4.78 is 22.9. The summed E-state index contributed by atoms with van der Waals surface area (Å²) >= 11 is 0. The molecule has 1 aromatic carbocycles. The molecule has 2 fully saturated rings. The Labute approximate surface area is 222 Å². The van der Waals surface area contributed by atoms with E-state index in [1.165, 1.54) is 0 Å². The standard InChI is InChI=1S/C28H32N6O4/c1-18-16-34(17-19(2)37-18)24-5-7-26(32-27(24)35-3)33-28-30-11-8-23(31-28)20-4-6-25(21(14-20)15-29)38-22-9-12-36-13-10-22/h4-8,11,14,18-19,22H,9-10,12-13,16-17H2,1-3H3,(H,30,31,32,33). The molecular weight excluding hydrogens is 484 g/mol. The van der Waals surface area contributed by atoms with Gasteiger partial charge in [0, 0.05) is 37.7 Å². The van der Waals surface area contributed by atoms with Crippen molar-refractivity contribution in [3.05, 3.63) is 48.2 Å². The van der Waals surface area contributed by atoms with Gasteiger partial charge in [0.25, 0.3) is 0 Å². The molecule has 1 N–H and O–H groups in total. The van der Waals surface area contributed by atoms with E-state index in [9.17, 15) is 5.26 Å². The number of methoxy groups -OCH3 is 1. The van der Waals surface area contributed by atoms with E-state index in [4.69, 9.17) is 18.9 Å². The van der Waals surface area contributed by atoms with Crippen LogP contribution in [0.2, 0.25) is 0 Å². The fourth-order valence-corrected chi connectivity index (χ4v) is 4.82. The highest BCUT2D eigenvalue weighted by Crippen LogP contribution is 2.32. The fraction of sp³-hybridized carbons (Fsp3) is 0.429. The summed E-state index contributed by atoms with van der Waals surface area (Å²) in [6.45, 7) is 7.02. The predicted octanol–water partition coefficient (Wildman–Crippen LogP) is 4.33. The number of hydrogen-bond donors (Lipinski definition) is 1. The highest BCUT2D eigenvalue weighted by molar-refractivity contribution is 5.66. The third kappa shape index (κ3) is 5.96. The average Bonchev–Trinajstić information content (AvgIpc) is 2.93. The first-order valence-electron chi connectivity index (χ1n) is 12.9. The van der Waals surface area contributed by atoms with E-state index in [-0.39, 0.29) is 18.3 Å². The molecule has 0 amide bonds. The summed E-state index contributed by atoms with van der Waals surface area (Å²) in [5.74, 6) is 2.05. The van der Waals surface area contributed by atoms with E-state index < -0.39 is 0 Å². The topological polar surface area (TPSA) is 115 Å². The minimum Gasteiger partial charge on any atom is -0.489 e. The Morgan fingerprint density at radius 2 is 1.84 bits per heavy atom. The van der Waals surface area contributed by atoms with Crippen molar-refractivity contribution < 1.29 is 18.9 Å². The van der Waals surface area contributed by atoms with Crippen molar-refractivity contribution in [2.24, 2.45) is 0 Å². The third-order valence-electron chi connectivity index (χ3n) is 6.55. The van der Waals surface area contributed by atoms with E-state index in [0.717, 1.165) is 37.2 Å². The lowest BCUT2D eigenvalue weighted by Crippen LogP contribution is -2.45. The van der Waals surface area contributed by atoms with Crippen molar-refractivity contribution >= 4 is 17.5 Å². The van der Waals surface area contributed by atoms with Crippen molar-refractivity contribution in [3.8, 4) is 29.0 Å². The van der Waals surface area contributed by atoms with Crippen LogP contribution in [-0.2, 0) is 9.47 Å². The van der Waals surface area contributed by atoms with Gasteiger partial charge in [-0.15, -0.1) is 0 Å². The molecule has 3 aromatic rings. The van der Waals surface area contributed by atoms with Gasteiger partial charge in [-0.1, -0.05) is 0 Å². The van der Waals surface area contributed by atoms with Gasteiger partial charge in [0.1, 0.15) is 29.4 Å². The minimum absolute atomic E-state index is 0.0579. The van der Waals surface area contributed by atoms with Crippen LogP contribution in [0.4, 0.5) is 17.5 Å². The summed E-state index contributed by atoms with van der Waals surface area (Å²) in [6, 6.07) is 13.5. The number of rotatable bonds is 7. The number of aromatic nitrogens is 3. The first-order chi connectivity index (χ1) is 18.5. The number of anilines is 3. The van der Waals surface area contributed by atoms with E-state index in [2.05, 4.69) is 45.1 Å². The molecule has 0 radical (unpaired) electrons. The van der Waals surface area contributed by atoms with Crippen LogP contribution in [0.25, 0.3) is 11.3 Å². The molecule has 2 atom stereocenters. The molecule has 38 heavy (non-hydrogen) atoms. The molecule has 5 rings (SSSR count). The molecule has 0 bridgehead atoms.